The van der Waals surface area contributed by atoms with Gasteiger partial charge in [-0.15, -0.1) is 0 Å². The van der Waals surface area contributed by atoms with Gasteiger partial charge in [0.15, 0.2) is 0 Å². The molecule has 7 heteroatoms. The monoisotopic (exact) mass is 318 g/mol. The van der Waals surface area contributed by atoms with Crippen LogP contribution < -0.4 is 0 Å². The summed E-state index contributed by atoms with van der Waals surface area (Å²) in [5.41, 5.74) is 0.00646. The first-order valence-corrected chi connectivity index (χ1v) is 5.60. The number of imidazole rings is 1. The maximum Gasteiger partial charge on any atom is 0.456 e. The van der Waals surface area contributed by atoms with Gasteiger partial charge in [0.2, 0.25) is 0 Å². The second-order valence-corrected chi connectivity index (χ2v) is 4.31. The summed E-state index contributed by atoms with van der Waals surface area (Å²) in [7, 11) is 0. The van der Waals surface area contributed by atoms with Crippen molar-refractivity contribution in [1.29, 1.82) is 0 Å². The van der Waals surface area contributed by atoms with Gasteiger partial charge in [0.25, 0.3) is 5.78 Å². The van der Waals surface area contributed by atoms with Crippen molar-refractivity contribution in [2.75, 3.05) is 0 Å². The molecule has 0 bridgehead atoms. The van der Waals surface area contributed by atoms with Crippen LogP contribution in [0.15, 0.2) is 34.9 Å². The van der Waals surface area contributed by atoms with Crippen molar-refractivity contribution in [2.45, 2.75) is 6.18 Å². The third-order valence-corrected chi connectivity index (χ3v) is 2.90. The van der Waals surface area contributed by atoms with Crippen LogP contribution in [-0.4, -0.2) is 21.9 Å². The van der Waals surface area contributed by atoms with Crippen molar-refractivity contribution in [2.24, 2.45) is 0 Å². The van der Waals surface area contributed by atoms with E-state index in [4.69, 9.17) is 0 Å². The van der Waals surface area contributed by atoms with Crippen LogP contribution in [0, 0.1) is 0 Å². The van der Waals surface area contributed by atoms with Gasteiger partial charge in [0, 0.05) is 10.0 Å². The summed E-state index contributed by atoms with van der Waals surface area (Å²) in [6, 6.07) is 6.88. The number of hydrogen-bond acceptors (Lipinski definition) is 2. The molecule has 2 rings (SSSR count). The van der Waals surface area contributed by atoms with Crippen molar-refractivity contribution in [3.8, 4) is 11.4 Å². The molecule has 0 saturated heterocycles. The molecular formula is C11H6BrF3N2O. The second-order valence-electron chi connectivity index (χ2n) is 3.45. The summed E-state index contributed by atoms with van der Waals surface area (Å²) in [6.45, 7) is 0. The highest BCUT2D eigenvalue weighted by Gasteiger charge is 2.40. The summed E-state index contributed by atoms with van der Waals surface area (Å²) in [5.74, 6) is -1.73. The van der Waals surface area contributed by atoms with Gasteiger partial charge >= 0.3 is 6.18 Å². The first-order chi connectivity index (χ1) is 8.39. The zero-order valence-electron chi connectivity index (χ0n) is 8.75. The number of nitrogens with one attached hydrogen (secondary N) is 1. The van der Waals surface area contributed by atoms with Crippen molar-refractivity contribution < 1.29 is 18.0 Å². The van der Waals surface area contributed by atoms with Crippen LogP contribution in [0.4, 0.5) is 13.2 Å². The number of alkyl halides is 3. The van der Waals surface area contributed by atoms with E-state index in [0.29, 0.717) is 10.0 Å². The fraction of sp³-hybridized carbons (Fsp3) is 0.0909. The predicted octanol–water partition coefficient (Wildman–Crippen LogP) is 3.58. The number of ketones is 1. The second kappa shape index (κ2) is 4.56. The highest BCUT2D eigenvalue weighted by atomic mass is 79.9. The molecule has 0 spiro atoms. The van der Waals surface area contributed by atoms with Crippen molar-refractivity contribution in [3.05, 3.63) is 40.6 Å². The molecule has 0 aliphatic carbocycles. The number of aromatic amines is 1. The van der Waals surface area contributed by atoms with Crippen LogP contribution in [-0.2, 0) is 0 Å². The number of aromatic nitrogens is 2. The first kappa shape index (κ1) is 12.8. The first-order valence-electron chi connectivity index (χ1n) is 4.81. The summed E-state index contributed by atoms with van der Waals surface area (Å²) in [4.78, 5) is 17.1. The molecule has 0 amide bonds. The number of halogens is 4. The van der Waals surface area contributed by atoms with Crippen LogP contribution in [0.2, 0.25) is 0 Å². The summed E-state index contributed by atoms with van der Waals surface area (Å²) in [6.07, 6.45) is -4.03. The van der Waals surface area contributed by atoms with E-state index in [2.05, 4.69) is 25.9 Å². The molecular weight excluding hydrogens is 313 g/mol. The summed E-state index contributed by atoms with van der Waals surface area (Å²) < 4.78 is 37.3. The van der Waals surface area contributed by atoms with E-state index < -0.39 is 17.7 Å². The van der Waals surface area contributed by atoms with E-state index in [9.17, 15) is 18.0 Å². The average Bonchev–Trinajstić information content (AvgIpc) is 2.76. The van der Waals surface area contributed by atoms with Crippen LogP contribution in [0.25, 0.3) is 11.4 Å². The predicted molar refractivity (Wildman–Crippen MR) is 62.1 cm³/mol. The molecule has 18 heavy (non-hydrogen) atoms. The molecule has 0 fully saturated rings. The number of carbonyl (C=O) groups is 1. The smallest absolute Gasteiger partial charge is 0.335 e. The fourth-order valence-electron chi connectivity index (χ4n) is 1.38. The molecule has 94 valence electrons. The van der Waals surface area contributed by atoms with Gasteiger partial charge in [-0.05, 0) is 6.07 Å². The van der Waals surface area contributed by atoms with Gasteiger partial charge in [-0.3, -0.25) is 4.79 Å². The van der Waals surface area contributed by atoms with E-state index >= 15 is 0 Å². The van der Waals surface area contributed by atoms with Gasteiger partial charge in [-0.25, -0.2) is 4.98 Å². The minimum atomic E-state index is -4.91. The average molecular weight is 319 g/mol. The van der Waals surface area contributed by atoms with E-state index in [0.717, 1.165) is 6.20 Å². The molecule has 0 atom stereocenters. The molecule has 1 heterocycles. The summed E-state index contributed by atoms with van der Waals surface area (Å²) in [5, 5.41) is 0. The molecule has 0 aliphatic heterocycles. The quantitative estimate of drug-likeness (QED) is 0.860. The molecule has 1 aromatic heterocycles. The molecule has 3 nitrogen and oxygen atoms in total. The number of benzene rings is 1. The Morgan fingerprint density at radius 2 is 1.94 bits per heavy atom. The Kier molecular flexibility index (Phi) is 3.25. The van der Waals surface area contributed by atoms with Crippen molar-refractivity contribution in [1.82, 2.24) is 9.97 Å². The van der Waals surface area contributed by atoms with E-state index in [1.807, 2.05) is 0 Å². The SMILES string of the molecule is O=C(c1cnc(-c2ccccc2Br)[nH]1)C(F)(F)F. The number of rotatable bonds is 2. The third kappa shape index (κ3) is 2.45. The minimum absolute atomic E-state index is 0.204. The van der Waals surface area contributed by atoms with Crippen molar-refractivity contribution >= 4 is 21.7 Å². The molecule has 2 aromatic rings. The fourth-order valence-corrected chi connectivity index (χ4v) is 1.85. The number of nitrogens with zero attached hydrogens (tertiary/aromatic N) is 1. The Morgan fingerprint density at radius 1 is 1.28 bits per heavy atom. The lowest BCUT2D eigenvalue weighted by molar-refractivity contribution is -0.0888. The Labute approximate surface area is 108 Å². The lowest BCUT2D eigenvalue weighted by Crippen LogP contribution is -2.22. The third-order valence-electron chi connectivity index (χ3n) is 2.21. The van der Waals surface area contributed by atoms with Gasteiger partial charge in [-0.2, -0.15) is 13.2 Å². The molecule has 1 N–H and O–H groups in total. The lowest BCUT2D eigenvalue weighted by atomic mass is 10.2. The topological polar surface area (TPSA) is 45.8 Å². The van der Waals surface area contributed by atoms with Gasteiger partial charge in [0.1, 0.15) is 11.5 Å². The van der Waals surface area contributed by atoms with Gasteiger partial charge in [0.05, 0.1) is 6.20 Å². The maximum absolute atomic E-state index is 12.2. The van der Waals surface area contributed by atoms with Crippen LogP contribution in [0.5, 0.6) is 0 Å². The Balaban J connectivity index is 2.38. The number of carbonyl (C=O) groups excluding carboxylic acids is 1. The largest absolute Gasteiger partial charge is 0.456 e. The standard InChI is InChI=1S/C11H6BrF3N2O/c12-7-4-2-1-3-6(7)10-16-5-8(17-10)9(18)11(13,14)15/h1-5H,(H,16,17). The number of Topliss-reactive ketones (excluding diaryl/α,β-unsaturated/α-hetero) is 1. The van der Waals surface area contributed by atoms with E-state index in [1.54, 1.807) is 24.3 Å². The van der Waals surface area contributed by atoms with E-state index in [-0.39, 0.29) is 5.82 Å². The van der Waals surface area contributed by atoms with Gasteiger partial charge in [-0.1, -0.05) is 34.1 Å². The Morgan fingerprint density at radius 3 is 2.56 bits per heavy atom. The molecule has 0 saturated carbocycles. The molecule has 1 aromatic carbocycles. The minimum Gasteiger partial charge on any atom is -0.335 e. The molecule has 0 unspecified atom stereocenters. The Hall–Kier alpha value is -1.63. The molecule has 0 radical (unpaired) electrons. The van der Waals surface area contributed by atoms with Gasteiger partial charge < -0.3 is 4.98 Å². The Bertz CT molecular complexity index is 592. The highest BCUT2D eigenvalue weighted by Crippen LogP contribution is 2.27. The van der Waals surface area contributed by atoms with Crippen LogP contribution in [0.1, 0.15) is 10.5 Å². The zero-order chi connectivity index (χ0) is 13.3. The lowest BCUT2D eigenvalue weighted by Gasteiger charge is -2.02. The normalized spacial score (nSPS) is 11.6. The summed E-state index contributed by atoms with van der Waals surface area (Å²) >= 11 is 3.25. The zero-order valence-corrected chi connectivity index (χ0v) is 10.3. The maximum atomic E-state index is 12.2. The van der Waals surface area contributed by atoms with E-state index in [1.165, 1.54) is 0 Å². The number of H-pyrrole nitrogens is 1. The van der Waals surface area contributed by atoms with Crippen LogP contribution >= 0.6 is 15.9 Å². The number of hydrogen-bond donors (Lipinski definition) is 1. The van der Waals surface area contributed by atoms with Crippen molar-refractivity contribution in [3.63, 3.8) is 0 Å². The molecule has 0 aliphatic rings. The highest BCUT2D eigenvalue weighted by molar-refractivity contribution is 9.10. The van der Waals surface area contributed by atoms with Crippen LogP contribution in [0.3, 0.4) is 0 Å².